The van der Waals surface area contributed by atoms with E-state index in [1.54, 1.807) is 30.6 Å². The number of nitrogens with zero attached hydrogens (tertiary/aromatic N) is 3. The predicted molar refractivity (Wildman–Crippen MR) is 123 cm³/mol. The lowest BCUT2D eigenvalue weighted by molar-refractivity contribution is 0.0696. The average Bonchev–Trinajstić information content (AvgIpc) is 3.56. The van der Waals surface area contributed by atoms with Crippen molar-refractivity contribution in [3.8, 4) is 11.1 Å². The minimum absolute atomic E-state index is 0.0581. The van der Waals surface area contributed by atoms with Crippen LogP contribution in [-0.4, -0.2) is 41.7 Å². The van der Waals surface area contributed by atoms with Crippen molar-refractivity contribution in [2.45, 2.75) is 37.1 Å². The van der Waals surface area contributed by atoms with Gasteiger partial charge in [-0.3, -0.25) is 4.79 Å². The zero-order valence-corrected chi connectivity index (χ0v) is 18.3. The normalized spacial score (nSPS) is 18.9. The van der Waals surface area contributed by atoms with E-state index < -0.39 is 0 Å². The summed E-state index contributed by atoms with van der Waals surface area (Å²) < 4.78 is 19.6. The molecule has 1 saturated heterocycles. The molecular formula is C26H25FN4O2. The molecule has 6 rings (SSSR count). The first-order chi connectivity index (χ1) is 16.1. The summed E-state index contributed by atoms with van der Waals surface area (Å²) in [4.78, 5) is 24.2. The van der Waals surface area contributed by atoms with Crippen molar-refractivity contribution in [3.63, 3.8) is 0 Å². The summed E-state index contributed by atoms with van der Waals surface area (Å²) in [5, 5.41) is 3.14. The van der Waals surface area contributed by atoms with Gasteiger partial charge in [-0.1, -0.05) is 24.3 Å². The molecule has 1 aliphatic carbocycles. The fourth-order valence-electron chi connectivity index (χ4n) is 4.98. The number of carbonyl (C=O) groups is 1. The van der Waals surface area contributed by atoms with Gasteiger partial charge < -0.3 is 15.0 Å². The molecule has 0 bridgehead atoms. The first kappa shape index (κ1) is 20.3. The molecule has 1 saturated carbocycles. The molecule has 0 unspecified atom stereocenters. The molecule has 1 amide bonds. The second-order valence-electron chi connectivity index (χ2n) is 9.21. The van der Waals surface area contributed by atoms with E-state index in [1.165, 1.54) is 11.6 Å². The van der Waals surface area contributed by atoms with Gasteiger partial charge in [-0.15, -0.1) is 0 Å². The van der Waals surface area contributed by atoms with Crippen LogP contribution in [0.15, 0.2) is 54.9 Å². The Morgan fingerprint density at radius 2 is 1.85 bits per heavy atom. The summed E-state index contributed by atoms with van der Waals surface area (Å²) in [6.45, 7) is 2.17. The maximum Gasteiger partial charge on any atom is 0.251 e. The Balaban J connectivity index is 1.29. The van der Waals surface area contributed by atoms with E-state index in [1.807, 2.05) is 12.1 Å². The zero-order valence-electron chi connectivity index (χ0n) is 18.3. The minimum Gasteiger partial charge on any atom is -0.381 e. The lowest BCUT2D eigenvalue weighted by Crippen LogP contribution is -2.38. The first-order valence-electron chi connectivity index (χ1n) is 11.5. The number of nitrogens with one attached hydrogen (secondary N) is 1. The highest BCUT2D eigenvalue weighted by Gasteiger charge is 2.52. The van der Waals surface area contributed by atoms with Crippen LogP contribution in [0.2, 0.25) is 0 Å². The highest BCUT2D eigenvalue weighted by atomic mass is 19.1. The zero-order chi connectivity index (χ0) is 22.4. The summed E-state index contributed by atoms with van der Waals surface area (Å²) in [6.07, 6.45) is 7.26. The number of anilines is 2. The van der Waals surface area contributed by atoms with Crippen molar-refractivity contribution in [2.75, 3.05) is 24.7 Å². The number of fused-ring (bicyclic) bond motifs is 2. The van der Waals surface area contributed by atoms with E-state index in [0.29, 0.717) is 35.9 Å². The SMILES string of the molecule is O=C(NC1CCOCC1)c1ccc2c(c1)N(c1ncc(-c3ccccc3F)cn1)CC21CC1. The van der Waals surface area contributed by atoms with Crippen LogP contribution in [0.25, 0.3) is 11.1 Å². The van der Waals surface area contributed by atoms with Crippen molar-refractivity contribution < 1.29 is 13.9 Å². The van der Waals surface area contributed by atoms with Gasteiger partial charge in [-0.05, 0) is 49.4 Å². The topological polar surface area (TPSA) is 67.3 Å². The molecule has 168 valence electrons. The van der Waals surface area contributed by atoms with Gasteiger partial charge in [0, 0.05) is 66.0 Å². The monoisotopic (exact) mass is 444 g/mol. The number of hydrogen-bond acceptors (Lipinski definition) is 5. The highest BCUT2D eigenvalue weighted by Crippen LogP contribution is 2.57. The van der Waals surface area contributed by atoms with Crippen LogP contribution in [0.5, 0.6) is 0 Å². The minimum atomic E-state index is -0.294. The van der Waals surface area contributed by atoms with E-state index in [0.717, 1.165) is 37.9 Å². The second kappa shape index (κ2) is 7.92. The second-order valence-corrected chi connectivity index (χ2v) is 9.21. The molecule has 2 aliphatic heterocycles. The van der Waals surface area contributed by atoms with Gasteiger partial charge in [0.2, 0.25) is 5.95 Å². The van der Waals surface area contributed by atoms with Gasteiger partial charge in [0.15, 0.2) is 0 Å². The van der Waals surface area contributed by atoms with Crippen LogP contribution in [-0.2, 0) is 10.2 Å². The highest BCUT2D eigenvalue weighted by molar-refractivity contribution is 5.96. The summed E-state index contributed by atoms with van der Waals surface area (Å²) in [6, 6.07) is 12.8. The lowest BCUT2D eigenvalue weighted by atomic mass is 9.97. The molecule has 0 atom stereocenters. The van der Waals surface area contributed by atoms with Gasteiger partial charge in [0.1, 0.15) is 5.82 Å². The van der Waals surface area contributed by atoms with Crippen molar-refractivity contribution in [3.05, 3.63) is 71.8 Å². The van der Waals surface area contributed by atoms with Gasteiger partial charge in [0.05, 0.1) is 0 Å². The maximum absolute atomic E-state index is 14.2. The quantitative estimate of drug-likeness (QED) is 0.647. The van der Waals surface area contributed by atoms with Gasteiger partial charge in [-0.25, -0.2) is 14.4 Å². The van der Waals surface area contributed by atoms with Crippen LogP contribution < -0.4 is 10.2 Å². The molecule has 2 fully saturated rings. The molecule has 1 spiro atoms. The number of benzene rings is 2. The fourth-order valence-corrected chi connectivity index (χ4v) is 4.98. The van der Waals surface area contributed by atoms with Crippen LogP contribution >= 0.6 is 0 Å². The van der Waals surface area contributed by atoms with E-state index in [2.05, 4.69) is 26.3 Å². The van der Waals surface area contributed by atoms with E-state index in [4.69, 9.17) is 4.74 Å². The molecule has 1 aromatic heterocycles. The van der Waals surface area contributed by atoms with Crippen molar-refractivity contribution in [1.82, 2.24) is 15.3 Å². The summed E-state index contributed by atoms with van der Waals surface area (Å²) in [5.74, 6) is 0.219. The molecule has 0 radical (unpaired) electrons. The third-order valence-corrected chi connectivity index (χ3v) is 7.06. The number of halogens is 1. The summed E-state index contributed by atoms with van der Waals surface area (Å²) >= 11 is 0. The maximum atomic E-state index is 14.2. The largest absolute Gasteiger partial charge is 0.381 e. The molecule has 7 heteroatoms. The Hall–Kier alpha value is -3.32. The Morgan fingerprint density at radius 3 is 2.58 bits per heavy atom. The van der Waals surface area contributed by atoms with E-state index >= 15 is 0 Å². The molecule has 2 aromatic carbocycles. The number of aromatic nitrogens is 2. The van der Waals surface area contributed by atoms with Gasteiger partial charge >= 0.3 is 0 Å². The molecule has 3 heterocycles. The standard InChI is InChI=1S/C26H25FN4O2/c27-22-4-2-1-3-20(22)18-14-28-25(29-15-18)31-16-26(9-10-26)21-6-5-17(13-23(21)31)24(32)30-19-7-11-33-12-8-19/h1-6,13-15,19H,7-12,16H2,(H,30,32). The van der Waals surface area contributed by atoms with Crippen LogP contribution in [0, 0.1) is 5.82 Å². The first-order valence-corrected chi connectivity index (χ1v) is 11.5. The molecule has 3 aromatic rings. The van der Waals surface area contributed by atoms with Crippen LogP contribution in [0.1, 0.15) is 41.6 Å². The predicted octanol–water partition coefficient (Wildman–Crippen LogP) is 4.37. The molecule has 1 N–H and O–H groups in total. The third-order valence-electron chi connectivity index (χ3n) is 7.06. The summed E-state index contributed by atoms with van der Waals surface area (Å²) in [5.41, 5.74) is 4.14. The molecule has 3 aliphatic rings. The van der Waals surface area contributed by atoms with Crippen molar-refractivity contribution in [2.24, 2.45) is 0 Å². The van der Waals surface area contributed by atoms with Crippen LogP contribution in [0.4, 0.5) is 16.0 Å². The van der Waals surface area contributed by atoms with Crippen molar-refractivity contribution >= 4 is 17.5 Å². The average molecular weight is 445 g/mol. The molecule has 6 nitrogen and oxygen atoms in total. The van der Waals surface area contributed by atoms with Gasteiger partial charge in [-0.2, -0.15) is 0 Å². The number of hydrogen-bond donors (Lipinski definition) is 1. The van der Waals surface area contributed by atoms with E-state index in [9.17, 15) is 9.18 Å². The summed E-state index contributed by atoms with van der Waals surface area (Å²) in [7, 11) is 0. The van der Waals surface area contributed by atoms with Crippen molar-refractivity contribution in [1.29, 1.82) is 0 Å². The smallest absolute Gasteiger partial charge is 0.251 e. The number of rotatable bonds is 4. The lowest BCUT2D eigenvalue weighted by Gasteiger charge is -2.23. The van der Waals surface area contributed by atoms with E-state index in [-0.39, 0.29) is 23.2 Å². The number of carbonyl (C=O) groups excluding carboxylic acids is 1. The van der Waals surface area contributed by atoms with Crippen LogP contribution in [0.3, 0.4) is 0 Å². The van der Waals surface area contributed by atoms with Gasteiger partial charge in [0.25, 0.3) is 5.91 Å². The fraction of sp³-hybridized carbons (Fsp3) is 0.346. The number of ether oxygens (including phenoxy) is 1. The Morgan fingerprint density at radius 1 is 1.09 bits per heavy atom. The Bertz CT molecular complexity index is 1200. The third kappa shape index (κ3) is 3.66. The molecule has 33 heavy (non-hydrogen) atoms. The number of amides is 1. The molecular weight excluding hydrogens is 419 g/mol. The Kier molecular flexibility index (Phi) is 4.87. The Labute approximate surface area is 191 Å².